The third-order valence-corrected chi connectivity index (χ3v) is 3.59. The van der Waals surface area contributed by atoms with Crippen molar-refractivity contribution in [1.29, 1.82) is 0 Å². The number of hydrazone groups is 1. The molecule has 0 saturated carbocycles. The molecule has 1 aromatic rings. The fourth-order valence-electron chi connectivity index (χ4n) is 2.32. The Morgan fingerprint density at radius 1 is 1.42 bits per heavy atom. The van der Waals surface area contributed by atoms with Crippen LogP contribution in [0.4, 0.5) is 18.9 Å². The molecule has 0 radical (unpaired) electrons. The van der Waals surface area contributed by atoms with Gasteiger partial charge in [-0.3, -0.25) is 0 Å². The molecule has 0 saturated heterocycles. The second-order valence-corrected chi connectivity index (χ2v) is 5.38. The normalized spacial score (nSPS) is 20.7. The summed E-state index contributed by atoms with van der Waals surface area (Å²) in [5.74, 6) is -2.11. The van der Waals surface area contributed by atoms with Gasteiger partial charge in [-0.25, -0.2) is 14.6 Å². The van der Waals surface area contributed by atoms with Gasteiger partial charge in [0, 0.05) is 6.42 Å². The molecular formula is C15H15F3N2O4. The second-order valence-electron chi connectivity index (χ2n) is 5.38. The van der Waals surface area contributed by atoms with Crippen molar-refractivity contribution in [3.8, 4) is 0 Å². The molecule has 0 amide bonds. The van der Waals surface area contributed by atoms with E-state index in [4.69, 9.17) is 4.74 Å². The Balaban J connectivity index is 2.48. The number of benzene rings is 1. The molecule has 0 bridgehead atoms. The molecule has 9 heteroatoms. The van der Waals surface area contributed by atoms with E-state index < -0.39 is 29.2 Å². The number of carboxylic acid groups (broad SMARTS) is 1. The SMILES string of the molecule is CCOC(=O)C1=NN(c2cccc(C(F)(F)F)c2)[C@@](C)(C(=O)O)C1. The number of esters is 1. The number of halogens is 3. The lowest BCUT2D eigenvalue weighted by molar-refractivity contribution is -0.142. The predicted molar refractivity (Wildman–Crippen MR) is 78.6 cm³/mol. The molecule has 130 valence electrons. The van der Waals surface area contributed by atoms with E-state index in [1.54, 1.807) is 6.92 Å². The summed E-state index contributed by atoms with van der Waals surface area (Å²) >= 11 is 0. The summed E-state index contributed by atoms with van der Waals surface area (Å²) in [5.41, 5.74) is -2.85. The number of hydrogen-bond acceptors (Lipinski definition) is 5. The maximum atomic E-state index is 12.9. The highest BCUT2D eigenvalue weighted by Crippen LogP contribution is 2.37. The number of rotatable bonds is 4. The summed E-state index contributed by atoms with van der Waals surface area (Å²) in [5, 5.41) is 14.3. The largest absolute Gasteiger partial charge is 0.479 e. The first-order valence-corrected chi connectivity index (χ1v) is 7.05. The number of alkyl halides is 3. The number of ether oxygens (including phenoxy) is 1. The van der Waals surface area contributed by atoms with Crippen molar-refractivity contribution in [3.05, 3.63) is 29.8 Å². The third kappa shape index (κ3) is 3.19. The Hall–Kier alpha value is -2.58. The molecule has 1 N–H and O–H groups in total. The van der Waals surface area contributed by atoms with Crippen molar-refractivity contribution < 1.29 is 32.6 Å². The minimum absolute atomic E-state index is 0.0746. The number of carbonyl (C=O) groups excluding carboxylic acids is 1. The summed E-state index contributed by atoms with van der Waals surface area (Å²) in [7, 11) is 0. The molecule has 0 spiro atoms. The number of aliphatic carboxylic acids is 1. The lowest BCUT2D eigenvalue weighted by Gasteiger charge is -2.30. The molecule has 1 heterocycles. The van der Waals surface area contributed by atoms with E-state index in [1.807, 2.05) is 0 Å². The molecule has 1 aliphatic rings. The quantitative estimate of drug-likeness (QED) is 0.850. The molecule has 0 fully saturated rings. The number of anilines is 1. The van der Waals surface area contributed by atoms with Crippen LogP contribution in [0.5, 0.6) is 0 Å². The lowest BCUT2D eigenvalue weighted by Crippen LogP contribution is -2.47. The molecule has 0 aromatic heterocycles. The first-order valence-electron chi connectivity index (χ1n) is 7.05. The smallest absolute Gasteiger partial charge is 0.416 e. The summed E-state index contributed by atoms with van der Waals surface area (Å²) < 4.78 is 43.4. The first-order chi connectivity index (χ1) is 11.1. The molecule has 0 aliphatic carbocycles. The average molecular weight is 344 g/mol. The third-order valence-electron chi connectivity index (χ3n) is 3.59. The Morgan fingerprint density at radius 2 is 2.08 bits per heavy atom. The maximum absolute atomic E-state index is 12.9. The summed E-state index contributed by atoms with van der Waals surface area (Å²) in [4.78, 5) is 23.4. The van der Waals surface area contributed by atoms with Crippen LogP contribution in [0.1, 0.15) is 25.8 Å². The van der Waals surface area contributed by atoms with Gasteiger partial charge in [0.25, 0.3) is 0 Å². The van der Waals surface area contributed by atoms with Crippen LogP contribution in [0.25, 0.3) is 0 Å². The van der Waals surface area contributed by atoms with Crippen molar-refractivity contribution in [2.75, 3.05) is 11.6 Å². The zero-order chi connectivity index (χ0) is 18.1. The van der Waals surface area contributed by atoms with Crippen molar-refractivity contribution in [2.24, 2.45) is 5.10 Å². The van der Waals surface area contributed by atoms with Gasteiger partial charge in [0.15, 0.2) is 5.54 Å². The fourth-order valence-corrected chi connectivity index (χ4v) is 2.32. The Morgan fingerprint density at radius 3 is 2.62 bits per heavy atom. The molecular weight excluding hydrogens is 329 g/mol. The minimum Gasteiger partial charge on any atom is -0.479 e. The van der Waals surface area contributed by atoms with Crippen molar-refractivity contribution >= 4 is 23.3 Å². The van der Waals surface area contributed by atoms with Crippen LogP contribution in [-0.4, -0.2) is 34.9 Å². The van der Waals surface area contributed by atoms with Crippen molar-refractivity contribution in [1.82, 2.24) is 0 Å². The van der Waals surface area contributed by atoms with Gasteiger partial charge in [0.05, 0.1) is 17.9 Å². The first kappa shape index (κ1) is 17.8. The van der Waals surface area contributed by atoms with E-state index in [-0.39, 0.29) is 24.4 Å². The van der Waals surface area contributed by atoms with Crippen LogP contribution in [0, 0.1) is 0 Å². The molecule has 2 rings (SSSR count). The standard InChI is InChI=1S/C15H15F3N2O4/c1-3-24-12(21)11-8-14(2,13(22)23)20(19-11)10-6-4-5-9(7-10)15(16,17)18/h4-7H,3,8H2,1-2H3,(H,22,23)/t14-/m1/s1. The van der Waals surface area contributed by atoms with E-state index >= 15 is 0 Å². The molecule has 6 nitrogen and oxygen atoms in total. The predicted octanol–water partition coefficient (Wildman–Crippen LogP) is 2.68. The molecule has 1 aliphatic heterocycles. The van der Waals surface area contributed by atoms with Crippen LogP contribution in [0.15, 0.2) is 29.4 Å². The van der Waals surface area contributed by atoms with E-state index in [0.717, 1.165) is 23.2 Å². The van der Waals surface area contributed by atoms with Gasteiger partial charge in [0.2, 0.25) is 0 Å². The van der Waals surface area contributed by atoms with E-state index in [9.17, 15) is 27.9 Å². The zero-order valence-corrected chi connectivity index (χ0v) is 12.9. The molecule has 24 heavy (non-hydrogen) atoms. The highest BCUT2D eigenvalue weighted by Gasteiger charge is 2.48. The van der Waals surface area contributed by atoms with Crippen molar-refractivity contribution in [3.63, 3.8) is 0 Å². The highest BCUT2D eigenvalue weighted by molar-refractivity contribution is 6.38. The number of carbonyl (C=O) groups is 2. The van der Waals surface area contributed by atoms with Crippen LogP contribution in [-0.2, 0) is 20.5 Å². The highest BCUT2D eigenvalue weighted by atomic mass is 19.4. The summed E-state index contributed by atoms with van der Waals surface area (Å²) in [6.45, 7) is 2.94. The van der Waals surface area contributed by atoms with Gasteiger partial charge in [0.1, 0.15) is 5.71 Å². The molecule has 1 aromatic carbocycles. The van der Waals surface area contributed by atoms with E-state index in [0.29, 0.717) is 0 Å². The van der Waals surface area contributed by atoms with Crippen molar-refractivity contribution in [2.45, 2.75) is 32.0 Å². The average Bonchev–Trinajstić information content (AvgIpc) is 2.86. The summed E-state index contributed by atoms with van der Waals surface area (Å²) in [6, 6.07) is 4.11. The Bertz CT molecular complexity index is 702. The lowest BCUT2D eigenvalue weighted by atomic mass is 9.95. The van der Waals surface area contributed by atoms with Crippen LogP contribution in [0.2, 0.25) is 0 Å². The Kier molecular flexibility index (Phi) is 4.54. The van der Waals surface area contributed by atoms with Gasteiger partial charge in [-0.15, -0.1) is 0 Å². The number of hydrogen-bond donors (Lipinski definition) is 1. The van der Waals surface area contributed by atoms with Crippen LogP contribution in [0.3, 0.4) is 0 Å². The fraction of sp³-hybridized carbons (Fsp3) is 0.400. The zero-order valence-electron chi connectivity index (χ0n) is 12.9. The van der Waals surface area contributed by atoms with E-state index in [1.165, 1.54) is 13.0 Å². The van der Waals surface area contributed by atoms with Gasteiger partial charge in [-0.2, -0.15) is 18.3 Å². The summed E-state index contributed by atoms with van der Waals surface area (Å²) in [6.07, 6.45) is -4.86. The molecule has 1 atom stereocenters. The maximum Gasteiger partial charge on any atom is 0.416 e. The molecule has 0 unspecified atom stereocenters. The monoisotopic (exact) mass is 344 g/mol. The minimum atomic E-state index is -4.58. The van der Waals surface area contributed by atoms with Crippen LogP contribution < -0.4 is 5.01 Å². The number of nitrogens with zero attached hydrogens (tertiary/aromatic N) is 2. The van der Waals surface area contributed by atoms with Gasteiger partial charge < -0.3 is 9.84 Å². The van der Waals surface area contributed by atoms with Gasteiger partial charge >= 0.3 is 18.1 Å². The van der Waals surface area contributed by atoms with Gasteiger partial charge in [-0.05, 0) is 32.0 Å². The topological polar surface area (TPSA) is 79.2 Å². The van der Waals surface area contributed by atoms with E-state index in [2.05, 4.69) is 5.10 Å². The van der Waals surface area contributed by atoms with Crippen LogP contribution >= 0.6 is 0 Å². The number of carboxylic acids is 1. The second kappa shape index (κ2) is 6.14. The Labute approximate surface area is 135 Å². The van der Waals surface area contributed by atoms with Gasteiger partial charge in [-0.1, -0.05) is 6.07 Å².